The summed E-state index contributed by atoms with van der Waals surface area (Å²) >= 11 is 0. The highest BCUT2D eigenvalue weighted by Crippen LogP contribution is 2.25. The monoisotopic (exact) mass is 340 g/mol. The molecule has 7 N–H and O–H groups in total. The molecule has 2 heterocycles. The maximum atomic E-state index is 9.86. The van der Waals surface area contributed by atoms with E-state index in [0.29, 0.717) is 6.42 Å². The second kappa shape index (κ2) is 7.66. The lowest BCUT2D eigenvalue weighted by Crippen LogP contribution is -2.61. The van der Waals surface area contributed by atoms with E-state index in [0.717, 1.165) is 0 Å². The fourth-order valence-electron chi connectivity index (χ4n) is 2.65. The lowest BCUT2D eigenvalue weighted by molar-refractivity contribution is -0.323. The summed E-state index contributed by atoms with van der Waals surface area (Å²) in [7, 11) is 0. The Morgan fingerprint density at radius 1 is 0.696 bits per heavy atom. The summed E-state index contributed by atoms with van der Waals surface area (Å²) in [5.41, 5.74) is 0. The van der Waals surface area contributed by atoms with Gasteiger partial charge in [0.2, 0.25) is 0 Å². The standard InChI is InChI=1S/C13H24O10/c1-2-4-6(14)9(17)11(19)13(23-4)21-3-5-7(15)8(16)10(18)12(20)22-5/h4-20H,2-3H2,1H3. The molecule has 0 aromatic carbocycles. The van der Waals surface area contributed by atoms with Gasteiger partial charge in [-0.15, -0.1) is 0 Å². The highest BCUT2D eigenvalue weighted by atomic mass is 16.7. The van der Waals surface area contributed by atoms with Gasteiger partial charge in [0, 0.05) is 0 Å². The molecular formula is C13H24O10. The first kappa shape index (κ1) is 18.9. The maximum Gasteiger partial charge on any atom is 0.186 e. The van der Waals surface area contributed by atoms with Crippen LogP contribution in [0.2, 0.25) is 0 Å². The minimum Gasteiger partial charge on any atom is -0.388 e. The molecule has 2 aliphatic heterocycles. The predicted octanol–water partition coefficient (Wildman–Crippen LogP) is -3.98. The van der Waals surface area contributed by atoms with Crippen molar-refractivity contribution in [3.8, 4) is 0 Å². The second-order valence-electron chi connectivity index (χ2n) is 5.79. The van der Waals surface area contributed by atoms with Gasteiger partial charge in [0.1, 0.15) is 42.7 Å². The first-order valence-electron chi connectivity index (χ1n) is 7.46. The largest absolute Gasteiger partial charge is 0.388 e. The van der Waals surface area contributed by atoms with Gasteiger partial charge in [-0.05, 0) is 6.42 Å². The van der Waals surface area contributed by atoms with E-state index >= 15 is 0 Å². The zero-order chi connectivity index (χ0) is 17.3. The molecule has 2 aliphatic rings. The number of aliphatic hydroxyl groups is 7. The van der Waals surface area contributed by atoms with Gasteiger partial charge >= 0.3 is 0 Å². The normalized spacial score (nSPS) is 51.7. The van der Waals surface area contributed by atoms with Gasteiger partial charge in [-0.3, -0.25) is 0 Å². The molecule has 0 saturated carbocycles. The van der Waals surface area contributed by atoms with Crippen molar-refractivity contribution in [3.05, 3.63) is 0 Å². The molecule has 0 radical (unpaired) electrons. The molecule has 2 saturated heterocycles. The molecule has 0 amide bonds. The van der Waals surface area contributed by atoms with Crippen LogP contribution in [0.15, 0.2) is 0 Å². The Labute approximate surface area is 132 Å². The molecule has 0 aromatic rings. The number of ether oxygens (including phenoxy) is 3. The average Bonchev–Trinajstić information content (AvgIpc) is 2.54. The Morgan fingerprint density at radius 2 is 1.26 bits per heavy atom. The highest BCUT2D eigenvalue weighted by molar-refractivity contribution is 4.91. The van der Waals surface area contributed by atoms with Gasteiger partial charge in [0.25, 0.3) is 0 Å². The van der Waals surface area contributed by atoms with Crippen molar-refractivity contribution in [2.45, 2.75) is 74.8 Å². The molecule has 23 heavy (non-hydrogen) atoms. The molecule has 0 aromatic heterocycles. The third-order valence-corrected chi connectivity index (χ3v) is 4.18. The summed E-state index contributed by atoms with van der Waals surface area (Å²) in [6.45, 7) is 1.33. The number of aliphatic hydroxyl groups excluding tert-OH is 7. The molecule has 10 unspecified atom stereocenters. The maximum absolute atomic E-state index is 9.86. The Bertz CT molecular complexity index is 380. The molecular weight excluding hydrogens is 316 g/mol. The van der Waals surface area contributed by atoms with Crippen LogP contribution >= 0.6 is 0 Å². The molecule has 10 heteroatoms. The first-order chi connectivity index (χ1) is 10.8. The van der Waals surface area contributed by atoms with E-state index in [1.165, 1.54) is 0 Å². The van der Waals surface area contributed by atoms with Crippen molar-refractivity contribution in [3.63, 3.8) is 0 Å². The van der Waals surface area contributed by atoms with Gasteiger partial charge in [-0.2, -0.15) is 0 Å². The summed E-state index contributed by atoms with van der Waals surface area (Å²) in [5.74, 6) is 0. The molecule has 10 nitrogen and oxygen atoms in total. The van der Waals surface area contributed by atoms with Crippen LogP contribution in [0.1, 0.15) is 13.3 Å². The van der Waals surface area contributed by atoms with E-state index in [4.69, 9.17) is 14.2 Å². The lowest BCUT2D eigenvalue weighted by Gasteiger charge is -2.42. The van der Waals surface area contributed by atoms with E-state index < -0.39 is 61.4 Å². The van der Waals surface area contributed by atoms with Crippen LogP contribution in [0, 0.1) is 0 Å². The van der Waals surface area contributed by atoms with Crippen molar-refractivity contribution >= 4 is 0 Å². The number of rotatable bonds is 4. The zero-order valence-electron chi connectivity index (χ0n) is 12.5. The Kier molecular flexibility index (Phi) is 6.30. The Morgan fingerprint density at radius 3 is 1.87 bits per heavy atom. The fourth-order valence-corrected chi connectivity index (χ4v) is 2.65. The summed E-state index contributed by atoms with van der Waals surface area (Å²) in [6.07, 6.45) is -13.6. The van der Waals surface area contributed by atoms with Crippen molar-refractivity contribution < 1.29 is 50.0 Å². The van der Waals surface area contributed by atoms with E-state index in [2.05, 4.69) is 0 Å². The summed E-state index contributed by atoms with van der Waals surface area (Å²) in [5, 5.41) is 67.5. The molecule has 0 bridgehead atoms. The van der Waals surface area contributed by atoms with Gasteiger partial charge in [-0.1, -0.05) is 6.92 Å². The highest BCUT2D eigenvalue weighted by Gasteiger charge is 2.46. The van der Waals surface area contributed by atoms with Gasteiger partial charge in [-0.25, -0.2) is 0 Å². The fraction of sp³-hybridized carbons (Fsp3) is 1.00. The smallest absolute Gasteiger partial charge is 0.186 e. The van der Waals surface area contributed by atoms with Crippen LogP contribution in [0.5, 0.6) is 0 Å². The van der Waals surface area contributed by atoms with Gasteiger partial charge in [0.15, 0.2) is 12.6 Å². The van der Waals surface area contributed by atoms with E-state index in [9.17, 15) is 35.7 Å². The summed E-state index contributed by atoms with van der Waals surface area (Å²) < 4.78 is 15.5. The van der Waals surface area contributed by atoms with Crippen LogP contribution in [0.3, 0.4) is 0 Å². The van der Waals surface area contributed by atoms with E-state index in [1.807, 2.05) is 0 Å². The molecule has 10 atom stereocenters. The van der Waals surface area contributed by atoms with Crippen LogP contribution in [0.25, 0.3) is 0 Å². The summed E-state index contributed by atoms with van der Waals surface area (Å²) in [4.78, 5) is 0. The van der Waals surface area contributed by atoms with Crippen LogP contribution in [0.4, 0.5) is 0 Å². The number of hydrogen-bond donors (Lipinski definition) is 7. The van der Waals surface area contributed by atoms with Gasteiger partial charge in [0.05, 0.1) is 12.7 Å². The topological polar surface area (TPSA) is 169 Å². The molecule has 0 spiro atoms. The first-order valence-corrected chi connectivity index (χ1v) is 7.46. The molecule has 2 fully saturated rings. The summed E-state index contributed by atoms with van der Waals surface area (Å²) in [6, 6.07) is 0. The number of hydrogen-bond acceptors (Lipinski definition) is 10. The lowest BCUT2D eigenvalue weighted by atomic mass is 9.97. The SMILES string of the molecule is CCC1OC(OCC2OC(O)C(O)C(O)C2O)C(O)C(O)C1O. The van der Waals surface area contributed by atoms with E-state index in [-0.39, 0.29) is 6.61 Å². The van der Waals surface area contributed by atoms with E-state index in [1.54, 1.807) is 6.92 Å². The van der Waals surface area contributed by atoms with Gasteiger partial charge < -0.3 is 50.0 Å². The predicted molar refractivity (Wildman–Crippen MR) is 71.8 cm³/mol. The minimum atomic E-state index is -1.70. The third-order valence-electron chi connectivity index (χ3n) is 4.18. The van der Waals surface area contributed by atoms with Crippen LogP contribution in [-0.4, -0.2) is 104 Å². The quantitative estimate of drug-likeness (QED) is 0.268. The third kappa shape index (κ3) is 3.82. The second-order valence-corrected chi connectivity index (χ2v) is 5.79. The zero-order valence-corrected chi connectivity index (χ0v) is 12.5. The van der Waals surface area contributed by atoms with Crippen LogP contribution < -0.4 is 0 Å². The molecule has 136 valence electrons. The minimum absolute atomic E-state index is 0.372. The Balaban J connectivity index is 1.94. The van der Waals surface area contributed by atoms with Crippen LogP contribution in [-0.2, 0) is 14.2 Å². The van der Waals surface area contributed by atoms with Crippen molar-refractivity contribution in [2.24, 2.45) is 0 Å². The van der Waals surface area contributed by atoms with Crippen molar-refractivity contribution in [1.82, 2.24) is 0 Å². The molecule has 2 rings (SSSR count). The Hall–Kier alpha value is -0.400. The van der Waals surface area contributed by atoms with Crippen molar-refractivity contribution in [2.75, 3.05) is 6.61 Å². The average molecular weight is 340 g/mol. The molecule has 0 aliphatic carbocycles. The van der Waals surface area contributed by atoms with Crippen molar-refractivity contribution in [1.29, 1.82) is 0 Å².